The van der Waals surface area contributed by atoms with Crippen molar-refractivity contribution < 1.29 is 4.39 Å². The van der Waals surface area contributed by atoms with E-state index in [-0.39, 0.29) is 40.0 Å². The summed E-state index contributed by atoms with van der Waals surface area (Å²) in [7, 11) is 0. The van der Waals surface area contributed by atoms with Crippen LogP contribution < -0.4 is 11.5 Å². The first-order valence-electron chi connectivity index (χ1n) is 12.0. The molecule has 2 fully saturated rings. The van der Waals surface area contributed by atoms with Crippen molar-refractivity contribution >= 4 is 0 Å². The molecule has 2 rings (SSSR count). The van der Waals surface area contributed by atoms with E-state index >= 15 is 0 Å². The average Bonchev–Trinajstić information content (AvgIpc) is 2.92. The van der Waals surface area contributed by atoms with Gasteiger partial charge in [0.15, 0.2) is 0 Å². The summed E-state index contributed by atoms with van der Waals surface area (Å²) in [5, 5.41) is 0. The van der Waals surface area contributed by atoms with Gasteiger partial charge in [-0.2, -0.15) is 0 Å². The largest absolute Gasteiger partial charge is 0.324 e. The monoisotopic (exact) mass is 426 g/mol. The topological polar surface area (TPSA) is 58.5 Å². The number of alkyl halides is 1. The Bertz CT molecular complexity index is 598. The highest BCUT2D eigenvalue weighted by Crippen LogP contribution is 2.50. The van der Waals surface area contributed by atoms with Crippen molar-refractivity contribution in [3.05, 3.63) is 0 Å². The minimum Gasteiger partial charge on any atom is -0.324 e. The van der Waals surface area contributed by atoms with E-state index in [0.717, 1.165) is 6.42 Å². The van der Waals surface area contributed by atoms with Crippen LogP contribution in [0.25, 0.3) is 0 Å². The molecule has 0 amide bonds. The third kappa shape index (κ3) is 4.60. The zero-order valence-corrected chi connectivity index (χ0v) is 21.9. The molecule has 2 heterocycles. The van der Waals surface area contributed by atoms with Gasteiger partial charge in [0.05, 0.1) is 6.04 Å². The zero-order chi connectivity index (χ0) is 23.6. The van der Waals surface area contributed by atoms with Crippen LogP contribution in [0.2, 0.25) is 0 Å². The molecule has 0 aliphatic carbocycles. The van der Waals surface area contributed by atoms with Gasteiger partial charge >= 0.3 is 0 Å². The van der Waals surface area contributed by atoms with Crippen LogP contribution in [0.5, 0.6) is 0 Å². The van der Waals surface area contributed by atoms with E-state index in [9.17, 15) is 4.39 Å². The quantitative estimate of drug-likeness (QED) is 0.702. The minimum absolute atomic E-state index is 0.00213. The summed E-state index contributed by atoms with van der Waals surface area (Å²) in [5.41, 5.74) is 13.2. The SMILES string of the molecule is CC(CC1[C@H](C)[C@@](C)(N)C(C(C)(C)C)N1C(C)(C)C)C1[C@@H](N)[C@@H](F)CN1C(C)(C)C. The molecule has 0 spiro atoms. The molecular weight excluding hydrogens is 375 g/mol. The first-order chi connectivity index (χ1) is 13.2. The van der Waals surface area contributed by atoms with Gasteiger partial charge in [0, 0.05) is 41.3 Å². The van der Waals surface area contributed by atoms with Gasteiger partial charge in [0.25, 0.3) is 0 Å². The third-order valence-electron chi connectivity index (χ3n) is 7.98. The fraction of sp³-hybridized carbons (Fsp3) is 1.00. The summed E-state index contributed by atoms with van der Waals surface area (Å²) in [6, 6.07) is 0.224. The minimum atomic E-state index is -0.960. The Hall–Kier alpha value is -0.230. The Labute approximate surface area is 186 Å². The summed E-state index contributed by atoms with van der Waals surface area (Å²) in [5.74, 6) is 0.622. The molecular formula is C25H51FN4. The number of halogens is 1. The van der Waals surface area contributed by atoms with Crippen molar-refractivity contribution in [3.8, 4) is 0 Å². The van der Waals surface area contributed by atoms with E-state index in [2.05, 4.69) is 92.9 Å². The number of nitrogens with zero attached hydrogens (tertiary/aromatic N) is 2. The second kappa shape index (κ2) is 7.97. The van der Waals surface area contributed by atoms with Crippen LogP contribution in [0.4, 0.5) is 4.39 Å². The molecule has 2 aliphatic rings. The lowest BCUT2D eigenvalue weighted by Gasteiger charge is -2.49. The third-order valence-corrected chi connectivity index (χ3v) is 7.98. The maximum absolute atomic E-state index is 14.7. The molecule has 0 saturated carbocycles. The first-order valence-corrected chi connectivity index (χ1v) is 12.0. The highest BCUT2D eigenvalue weighted by Gasteiger charge is 2.59. The molecule has 0 radical (unpaired) electrons. The Morgan fingerprint density at radius 1 is 1.03 bits per heavy atom. The normalized spacial score (nSPS) is 40.9. The maximum Gasteiger partial charge on any atom is 0.129 e. The highest BCUT2D eigenvalue weighted by atomic mass is 19.1. The van der Waals surface area contributed by atoms with Crippen LogP contribution in [0, 0.1) is 17.3 Å². The zero-order valence-electron chi connectivity index (χ0n) is 21.9. The van der Waals surface area contributed by atoms with Crippen molar-refractivity contribution in [1.29, 1.82) is 0 Å². The van der Waals surface area contributed by atoms with E-state index in [1.54, 1.807) is 0 Å². The molecule has 2 saturated heterocycles. The van der Waals surface area contributed by atoms with Gasteiger partial charge in [-0.05, 0) is 72.1 Å². The van der Waals surface area contributed by atoms with Crippen molar-refractivity contribution in [2.24, 2.45) is 28.7 Å². The molecule has 0 bridgehead atoms. The molecule has 0 aromatic carbocycles. The summed E-state index contributed by atoms with van der Waals surface area (Å²) in [6.07, 6.45) is 0.0219. The van der Waals surface area contributed by atoms with Crippen LogP contribution in [-0.4, -0.2) is 63.3 Å². The van der Waals surface area contributed by atoms with Gasteiger partial charge in [-0.25, -0.2) is 4.39 Å². The van der Waals surface area contributed by atoms with E-state index in [1.807, 2.05) is 0 Å². The number of hydrogen-bond donors (Lipinski definition) is 2. The summed E-state index contributed by atoms with van der Waals surface area (Å²) < 4.78 is 14.7. The number of likely N-dealkylation sites (tertiary alicyclic amines) is 2. The first kappa shape index (κ1) is 26.0. The Morgan fingerprint density at radius 2 is 1.53 bits per heavy atom. The molecule has 4 N–H and O–H groups in total. The molecule has 0 aromatic rings. The summed E-state index contributed by atoms with van der Waals surface area (Å²) in [4.78, 5) is 4.99. The molecule has 2 aliphatic heterocycles. The average molecular weight is 427 g/mol. The Balaban J connectivity index is 2.41. The lowest BCUT2D eigenvalue weighted by molar-refractivity contribution is -0.00385. The van der Waals surface area contributed by atoms with Crippen molar-refractivity contribution in [2.75, 3.05) is 6.54 Å². The van der Waals surface area contributed by atoms with E-state index in [4.69, 9.17) is 11.5 Å². The highest BCUT2D eigenvalue weighted by molar-refractivity contribution is 5.16. The van der Waals surface area contributed by atoms with E-state index in [0.29, 0.717) is 18.5 Å². The van der Waals surface area contributed by atoms with E-state index < -0.39 is 12.2 Å². The molecule has 4 nitrogen and oxygen atoms in total. The molecule has 4 unspecified atom stereocenters. The second-order valence-electron chi connectivity index (χ2n) is 13.7. The standard InChI is InChI=1S/C25H51FN4/c1-15(20-19(27)17(26)14-29(20)23(6,7)8)13-18-16(2)25(12,28)21(22(3,4)5)30(18)24(9,10)11/h15-21H,13-14,27-28H2,1-12H3/t15?,16-,17-,18?,19-,20?,21?,25+/m0/s1. The van der Waals surface area contributed by atoms with Crippen molar-refractivity contribution in [1.82, 2.24) is 9.80 Å². The molecule has 30 heavy (non-hydrogen) atoms. The Morgan fingerprint density at radius 3 is 1.93 bits per heavy atom. The fourth-order valence-corrected chi connectivity index (χ4v) is 6.73. The predicted molar refractivity (Wildman–Crippen MR) is 127 cm³/mol. The van der Waals surface area contributed by atoms with E-state index in [1.165, 1.54) is 0 Å². The van der Waals surface area contributed by atoms with Crippen LogP contribution >= 0.6 is 0 Å². The van der Waals surface area contributed by atoms with Crippen LogP contribution in [0.1, 0.15) is 89.5 Å². The lowest BCUT2D eigenvalue weighted by Crippen LogP contribution is -2.61. The number of hydrogen-bond acceptors (Lipinski definition) is 4. The molecule has 5 heteroatoms. The van der Waals surface area contributed by atoms with Gasteiger partial charge in [-0.1, -0.05) is 34.6 Å². The van der Waals surface area contributed by atoms with Crippen molar-refractivity contribution in [2.45, 2.75) is 136 Å². The van der Waals surface area contributed by atoms with Gasteiger partial charge in [-0.3, -0.25) is 9.80 Å². The van der Waals surface area contributed by atoms with Gasteiger partial charge in [0.1, 0.15) is 6.17 Å². The summed E-state index contributed by atoms with van der Waals surface area (Å²) >= 11 is 0. The van der Waals surface area contributed by atoms with Gasteiger partial charge < -0.3 is 11.5 Å². The van der Waals surface area contributed by atoms with Crippen LogP contribution in [0.15, 0.2) is 0 Å². The van der Waals surface area contributed by atoms with Crippen LogP contribution in [0.3, 0.4) is 0 Å². The maximum atomic E-state index is 14.7. The Kier molecular flexibility index (Phi) is 6.91. The van der Waals surface area contributed by atoms with Gasteiger partial charge in [0.2, 0.25) is 0 Å². The van der Waals surface area contributed by atoms with Crippen molar-refractivity contribution in [3.63, 3.8) is 0 Å². The molecule has 8 atom stereocenters. The number of rotatable bonds is 3. The molecule has 0 aromatic heterocycles. The fourth-order valence-electron chi connectivity index (χ4n) is 6.73. The summed E-state index contributed by atoms with van der Waals surface area (Å²) in [6.45, 7) is 27.6. The van der Waals surface area contributed by atoms with Gasteiger partial charge in [-0.15, -0.1) is 0 Å². The predicted octanol–water partition coefficient (Wildman–Crippen LogP) is 4.41. The number of nitrogens with two attached hydrogens (primary N) is 2. The smallest absolute Gasteiger partial charge is 0.129 e. The van der Waals surface area contributed by atoms with Crippen LogP contribution in [-0.2, 0) is 0 Å². The lowest BCUT2D eigenvalue weighted by atomic mass is 9.71. The second-order valence-corrected chi connectivity index (χ2v) is 13.7. The molecule has 178 valence electrons.